The first kappa shape index (κ1) is 15.9. The minimum atomic E-state index is -0.156. The van der Waals surface area contributed by atoms with Crippen molar-refractivity contribution in [1.82, 2.24) is 16.0 Å². The summed E-state index contributed by atoms with van der Waals surface area (Å²) >= 11 is 0. The molecular formula is C16H27N3O2. The third-order valence-electron chi connectivity index (χ3n) is 4.25. The van der Waals surface area contributed by atoms with Gasteiger partial charge >= 0.3 is 6.03 Å². The molecule has 1 saturated carbocycles. The summed E-state index contributed by atoms with van der Waals surface area (Å²) in [6.45, 7) is 0.970. The van der Waals surface area contributed by atoms with Crippen molar-refractivity contribution < 1.29 is 9.59 Å². The van der Waals surface area contributed by atoms with Crippen LogP contribution in [-0.2, 0) is 4.79 Å². The summed E-state index contributed by atoms with van der Waals surface area (Å²) in [6.07, 6.45) is 12.9. The van der Waals surface area contributed by atoms with E-state index in [9.17, 15) is 9.59 Å². The number of carbonyl (C=O) groups is 2. The van der Waals surface area contributed by atoms with Crippen molar-refractivity contribution in [2.75, 3.05) is 13.1 Å². The summed E-state index contributed by atoms with van der Waals surface area (Å²) in [5.74, 6) is 0.679. The number of nitrogens with one attached hydrogen (secondary N) is 3. The summed E-state index contributed by atoms with van der Waals surface area (Å²) in [4.78, 5) is 23.4. The molecule has 0 heterocycles. The Labute approximate surface area is 126 Å². The van der Waals surface area contributed by atoms with Crippen LogP contribution in [0.3, 0.4) is 0 Å². The molecule has 5 nitrogen and oxygen atoms in total. The van der Waals surface area contributed by atoms with Crippen molar-refractivity contribution in [1.29, 1.82) is 0 Å². The molecule has 0 aromatic rings. The topological polar surface area (TPSA) is 70.2 Å². The van der Waals surface area contributed by atoms with Gasteiger partial charge < -0.3 is 16.0 Å². The molecule has 0 saturated heterocycles. The van der Waals surface area contributed by atoms with Crippen LogP contribution in [0.4, 0.5) is 4.79 Å². The highest BCUT2D eigenvalue weighted by atomic mass is 16.2. The molecule has 0 spiro atoms. The predicted octanol–water partition coefficient (Wildman–Crippen LogP) is 2.09. The van der Waals surface area contributed by atoms with E-state index in [1.807, 2.05) is 6.08 Å². The van der Waals surface area contributed by atoms with Gasteiger partial charge in [-0.05, 0) is 38.0 Å². The van der Waals surface area contributed by atoms with Crippen LogP contribution in [0.5, 0.6) is 0 Å². The van der Waals surface area contributed by atoms with Gasteiger partial charge in [0.2, 0.25) is 5.91 Å². The SMILES string of the molecule is O=C(CC1CCCC1)NCCNC(=O)N[C@H]1C=CCCC1. The maximum absolute atomic E-state index is 11.7. The minimum Gasteiger partial charge on any atom is -0.354 e. The van der Waals surface area contributed by atoms with Gasteiger partial charge in [0.25, 0.3) is 0 Å². The Morgan fingerprint density at radius 2 is 1.76 bits per heavy atom. The Balaban J connectivity index is 1.50. The van der Waals surface area contributed by atoms with E-state index in [1.54, 1.807) is 0 Å². The smallest absolute Gasteiger partial charge is 0.315 e. The zero-order chi connectivity index (χ0) is 14.9. The van der Waals surface area contributed by atoms with Crippen LogP contribution < -0.4 is 16.0 Å². The lowest BCUT2D eigenvalue weighted by Gasteiger charge is -2.18. The van der Waals surface area contributed by atoms with Crippen LogP contribution in [0, 0.1) is 5.92 Å². The summed E-state index contributed by atoms with van der Waals surface area (Å²) in [6, 6.07) is -0.00713. The summed E-state index contributed by atoms with van der Waals surface area (Å²) in [7, 11) is 0. The summed E-state index contributed by atoms with van der Waals surface area (Å²) in [5, 5.41) is 8.57. The molecule has 0 aromatic heterocycles. The lowest BCUT2D eigenvalue weighted by atomic mass is 10.0. The monoisotopic (exact) mass is 293 g/mol. The highest BCUT2D eigenvalue weighted by molar-refractivity contribution is 5.76. The van der Waals surface area contributed by atoms with Gasteiger partial charge in [0.05, 0.1) is 0 Å². The lowest BCUT2D eigenvalue weighted by Crippen LogP contribution is -2.44. The maximum Gasteiger partial charge on any atom is 0.315 e. The molecule has 3 N–H and O–H groups in total. The van der Waals surface area contributed by atoms with Crippen LogP contribution in [0.2, 0.25) is 0 Å². The van der Waals surface area contributed by atoms with Crippen LogP contribution in [0.15, 0.2) is 12.2 Å². The predicted molar refractivity (Wildman–Crippen MR) is 82.9 cm³/mol. The molecule has 0 unspecified atom stereocenters. The van der Waals surface area contributed by atoms with E-state index in [1.165, 1.54) is 25.7 Å². The molecule has 0 bridgehead atoms. The molecule has 5 heteroatoms. The Morgan fingerprint density at radius 1 is 1.00 bits per heavy atom. The molecule has 21 heavy (non-hydrogen) atoms. The lowest BCUT2D eigenvalue weighted by molar-refractivity contribution is -0.121. The van der Waals surface area contributed by atoms with Crippen LogP contribution >= 0.6 is 0 Å². The fourth-order valence-corrected chi connectivity index (χ4v) is 3.08. The number of amides is 3. The van der Waals surface area contributed by atoms with E-state index < -0.39 is 0 Å². The zero-order valence-electron chi connectivity index (χ0n) is 12.7. The highest BCUT2D eigenvalue weighted by Crippen LogP contribution is 2.27. The van der Waals surface area contributed by atoms with Crippen LogP contribution in [0.1, 0.15) is 51.4 Å². The van der Waals surface area contributed by atoms with Crippen molar-refractivity contribution in [2.45, 2.75) is 57.4 Å². The van der Waals surface area contributed by atoms with Gasteiger partial charge in [-0.3, -0.25) is 4.79 Å². The van der Waals surface area contributed by atoms with Gasteiger partial charge in [0, 0.05) is 25.6 Å². The summed E-state index contributed by atoms with van der Waals surface area (Å²) < 4.78 is 0. The molecule has 2 aliphatic rings. The number of urea groups is 1. The third kappa shape index (κ3) is 6.19. The Hall–Kier alpha value is -1.52. The van der Waals surface area contributed by atoms with Crippen LogP contribution in [0.25, 0.3) is 0 Å². The Morgan fingerprint density at radius 3 is 2.48 bits per heavy atom. The van der Waals surface area contributed by atoms with Gasteiger partial charge in [0.1, 0.15) is 0 Å². The van der Waals surface area contributed by atoms with Crippen molar-refractivity contribution >= 4 is 11.9 Å². The fraction of sp³-hybridized carbons (Fsp3) is 0.750. The molecular weight excluding hydrogens is 266 g/mol. The average Bonchev–Trinajstić information content (AvgIpc) is 2.97. The van der Waals surface area contributed by atoms with E-state index in [0.717, 1.165) is 19.3 Å². The number of hydrogen-bond acceptors (Lipinski definition) is 2. The van der Waals surface area contributed by atoms with Gasteiger partial charge in [-0.2, -0.15) is 0 Å². The van der Waals surface area contributed by atoms with E-state index in [2.05, 4.69) is 22.0 Å². The largest absolute Gasteiger partial charge is 0.354 e. The molecule has 1 fully saturated rings. The minimum absolute atomic E-state index is 0.110. The van der Waals surface area contributed by atoms with E-state index >= 15 is 0 Å². The van der Waals surface area contributed by atoms with Crippen molar-refractivity contribution in [3.05, 3.63) is 12.2 Å². The first-order valence-corrected chi connectivity index (χ1v) is 8.22. The standard InChI is InChI=1S/C16H27N3O2/c20-15(12-13-6-4-5-7-13)17-10-11-18-16(21)19-14-8-2-1-3-9-14/h2,8,13-14H,1,3-7,9-12H2,(H,17,20)(H2,18,19,21)/t14-/m0/s1. The second-order valence-corrected chi connectivity index (χ2v) is 6.07. The third-order valence-corrected chi connectivity index (χ3v) is 4.25. The van der Waals surface area contributed by atoms with Gasteiger partial charge in [-0.25, -0.2) is 4.79 Å². The number of hydrogen-bond donors (Lipinski definition) is 3. The van der Waals surface area contributed by atoms with Crippen LogP contribution in [-0.4, -0.2) is 31.1 Å². The van der Waals surface area contributed by atoms with E-state index in [4.69, 9.17) is 0 Å². The zero-order valence-corrected chi connectivity index (χ0v) is 12.7. The first-order chi connectivity index (χ1) is 10.2. The molecule has 0 radical (unpaired) electrons. The normalized spacial score (nSPS) is 22.0. The average molecular weight is 293 g/mol. The summed E-state index contributed by atoms with van der Waals surface area (Å²) in [5.41, 5.74) is 0. The Kier molecular flexibility index (Phi) is 6.57. The molecule has 1 atom stereocenters. The van der Waals surface area contributed by atoms with E-state index in [-0.39, 0.29) is 18.0 Å². The van der Waals surface area contributed by atoms with Gasteiger partial charge in [0.15, 0.2) is 0 Å². The molecule has 118 valence electrons. The Bertz CT molecular complexity index is 376. The molecule has 0 aliphatic heterocycles. The van der Waals surface area contributed by atoms with E-state index in [0.29, 0.717) is 25.4 Å². The number of carbonyl (C=O) groups excluding carboxylic acids is 2. The van der Waals surface area contributed by atoms with Crippen molar-refractivity contribution in [2.24, 2.45) is 5.92 Å². The maximum atomic E-state index is 11.7. The van der Waals surface area contributed by atoms with Crippen molar-refractivity contribution in [3.63, 3.8) is 0 Å². The van der Waals surface area contributed by atoms with Gasteiger partial charge in [-0.15, -0.1) is 0 Å². The first-order valence-electron chi connectivity index (χ1n) is 8.22. The second-order valence-electron chi connectivity index (χ2n) is 6.07. The second kappa shape index (κ2) is 8.70. The molecule has 3 amide bonds. The highest BCUT2D eigenvalue weighted by Gasteiger charge is 2.18. The molecule has 0 aromatic carbocycles. The number of allylic oxidation sites excluding steroid dienone is 1. The van der Waals surface area contributed by atoms with Gasteiger partial charge in [-0.1, -0.05) is 25.0 Å². The number of rotatable bonds is 6. The quantitative estimate of drug-likeness (QED) is 0.518. The van der Waals surface area contributed by atoms with Crippen molar-refractivity contribution in [3.8, 4) is 0 Å². The molecule has 2 aliphatic carbocycles. The fourth-order valence-electron chi connectivity index (χ4n) is 3.08. The molecule has 2 rings (SSSR count).